The van der Waals surface area contributed by atoms with Crippen molar-refractivity contribution in [3.63, 3.8) is 0 Å². The summed E-state index contributed by atoms with van der Waals surface area (Å²) in [7, 11) is -3.98. The van der Waals surface area contributed by atoms with Crippen LogP contribution in [0.15, 0.2) is 24.3 Å². The molecule has 3 N–H and O–H groups in total. The number of aliphatic hydroxyl groups is 1. The summed E-state index contributed by atoms with van der Waals surface area (Å²) in [5.74, 6) is -1.19. The first kappa shape index (κ1) is 22.4. The van der Waals surface area contributed by atoms with E-state index in [-0.39, 0.29) is 32.2 Å². The van der Waals surface area contributed by atoms with E-state index in [1.807, 2.05) is 12.1 Å². The molecule has 2 saturated heterocycles. The number of halogens is 1. The van der Waals surface area contributed by atoms with Crippen molar-refractivity contribution < 1.29 is 33.0 Å². The first-order valence-corrected chi connectivity index (χ1v) is 11.2. The van der Waals surface area contributed by atoms with Gasteiger partial charge in [-0.1, -0.05) is 23.7 Å². The van der Waals surface area contributed by atoms with Crippen molar-refractivity contribution in [2.75, 3.05) is 26.3 Å². The molecule has 11 heteroatoms. The molecule has 2 unspecified atom stereocenters. The SMILES string of the molecule is O=C(NO)C1(O)COCCC1S(=O)(=O)N1CCC(OCc2ccc(Cl)cc2)CC1. The molecule has 2 atom stereocenters. The molecule has 0 saturated carbocycles. The first-order chi connectivity index (χ1) is 13.8. The number of carbonyl (C=O) groups is 1. The van der Waals surface area contributed by atoms with Crippen LogP contribution < -0.4 is 5.48 Å². The van der Waals surface area contributed by atoms with Gasteiger partial charge in [0.1, 0.15) is 5.25 Å². The molecule has 3 rings (SSSR count). The van der Waals surface area contributed by atoms with Crippen molar-refractivity contribution in [1.29, 1.82) is 0 Å². The molecule has 2 aliphatic heterocycles. The normalized spacial score (nSPS) is 26.9. The Balaban J connectivity index is 1.60. The minimum absolute atomic E-state index is 0.0424. The fourth-order valence-electron chi connectivity index (χ4n) is 3.68. The number of ether oxygens (including phenoxy) is 2. The van der Waals surface area contributed by atoms with E-state index in [2.05, 4.69) is 0 Å². The summed E-state index contributed by atoms with van der Waals surface area (Å²) in [6, 6.07) is 7.32. The smallest absolute Gasteiger partial charge is 0.279 e. The van der Waals surface area contributed by atoms with Gasteiger partial charge in [-0.3, -0.25) is 10.0 Å². The van der Waals surface area contributed by atoms with Crippen molar-refractivity contribution in [3.8, 4) is 0 Å². The lowest BCUT2D eigenvalue weighted by Crippen LogP contribution is -2.64. The zero-order valence-corrected chi connectivity index (χ0v) is 17.4. The number of piperidine rings is 1. The number of rotatable bonds is 6. The van der Waals surface area contributed by atoms with Crippen LogP contribution >= 0.6 is 11.6 Å². The van der Waals surface area contributed by atoms with E-state index in [9.17, 15) is 18.3 Å². The van der Waals surface area contributed by atoms with Crippen molar-refractivity contribution in [3.05, 3.63) is 34.9 Å². The number of nitrogens with zero attached hydrogens (tertiary/aromatic N) is 1. The van der Waals surface area contributed by atoms with Gasteiger partial charge in [-0.05, 0) is 37.0 Å². The molecule has 1 aromatic rings. The van der Waals surface area contributed by atoms with Gasteiger partial charge in [0.05, 0.1) is 19.3 Å². The average molecular weight is 449 g/mol. The van der Waals surface area contributed by atoms with Crippen LogP contribution in [0.3, 0.4) is 0 Å². The minimum Gasteiger partial charge on any atom is -0.378 e. The Morgan fingerprint density at radius 2 is 1.93 bits per heavy atom. The highest BCUT2D eigenvalue weighted by Crippen LogP contribution is 2.31. The number of amides is 1. The lowest BCUT2D eigenvalue weighted by Gasteiger charge is -2.41. The Kier molecular flexibility index (Phi) is 7.15. The zero-order valence-electron chi connectivity index (χ0n) is 15.8. The number of sulfonamides is 1. The molecule has 162 valence electrons. The fraction of sp³-hybridized carbons (Fsp3) is 0.611. The Morgan fingerprint density at radius 1 is 1.28 bits per heavy atom. The highest BCUT2D eigenvalue weighted by molar-refractivity contribution is 7.89. The fourth-order valence-corrected chi connectivity index (χ4v) is 5.95. The largest absolute Gasteiger partial charge is 0.378 e. The van der Waals surface area contributed by atoms with Crippen molar-refractivity contribution in [2.24, 2.45) is 0 Å². The topological polar surface area (TPSA) is 125 Å². The van der Waals surface area contributed by atoms with Gasteiger partial charge in [0.2, 0.25) is 10.0 Å². The van der Waals surface area contributed by atoms with Crippen molar-refractivity contribution in [2.45, 2.75) is 42.8 Å². The van der Waals surface area contributed by atoms with E-state index < -0.39 is 33.4 Å². The van der Waals surface area contributed by atoms with Gasteiger partial charge in [-0.2, -0.15) is 0 Å². The lowest BCUT2D eigenvalue weighted by molar-refractivity contribution is -0.161. The molecule has 0 aromatic heterocycles. The summed E-state index contributed by atoms with van der Waals surface area (Å²) in [4.78, 5) is 11.9. The third-order valence-corrected chi connectivity index (χ3v) is 8.07. The highest BCUT2D eigenvalue weighted by Gasteiger charge is 2.54. The molecular weight excluding hydrogens is 424 g/mol. The maximum Gasteiger partial charge on any atom is 0.279 e. The molecule has 0 spiro atoms. The van der Waals surface area contributed by atoms with E-state index in [0.29, 0.717) is 24.5 Å². The summed E-state index contributed by atoms with van der Waals surface area (Å²) in [5, 5.41) is 18.8. The molecule has 0 aliphatic carbocycles. The van der Waals surface area contributed by atoms with E-state index in [4.69, 9.17) is 26.3 Å². The van der Waals surface area contributed by atoms with Gasteiger partial charge in [-0.25, -0.2) is 18.2 Å². The van der Waals surface area contributed by atoms with E-state index in [1.165, 1.54) is 9.79 Å². The Bertz CT molecular complexity index is 812. The minimum atomic E-state index is -3.98. The number of carbonyl (C=O) groups excluding carboxylic acids is 1. The van der Waals surface area contributed by atoms with Crippen LogP contribution in [0.5, 0.6) is 0 Å². The number of benzene rings is 1. The molecule has 0 bridgehead atoms. The highest BCUT2D eigenvalue weighted by atomic mass is 35.5. The van der Waals surface area contributed by atoms with Gasteiger partial charge in [0.25, 0.3) is 5.91 Å². The van der Waals surface area contributed by atoms with Gasteiger partial charge < -0.3 is 14.6 Å². The second-order valence-corrected chi connectivity index (χ2v) is 9.83. The zero-order chi connectivity index (χ0) is 21.1. The van der Waals surface area contributed by atoms with Crippen LogP contribution in [0, 0.1) is 0 Å². The summed E-state index contributed by atoms with van der Waals surface area (Å²) in [5.41, 5.74) is -0.0182. The van der Waals surface area contributed by atoms with Crippen LogP contribution in [0.4, 0.5) is 0 Å². The number of hydrogen-bond donors (Lipinski definition) is 3. The molecule has 1 amide bonds. The molecule has 0 radical (unpaired) electrons. The van der Waals surface area contributed by atoms with Crippen molar-refractivity contribution in [1.82, 2.24) is 9.79 Å². The van der Waals surface area contributed by atoms with Crippen LogP contribution in [0.25, 0.3) is 0 Å². The van der Waals surface area contributed by atoms with E-state index >= 15 is 0 Å². The summed E-state index contributed by atoms with van der Waals surface area (Å²) < 4.78 is 38.4. The van der Waals surface area contributed by atoms with Crippen LogP contribution in [0.1, 0.15) is 24.8 Å². The third-order valence-electron chi connectivity index (χ3n) is 5.39. The van der Waals surface area contributed by atoms with Crippen molar-refractivity contribution >= 4 is 27.5 Å². The molecule has 9 nitrogen and oxygen atoms in total. The predicted molar refractivity (Wildman–Crippen MR) is 104 cm³/mol. The molecule has 29 heavy (non-hydrogen) atoms. The summed E-state index contributed by atoms with van der Waals surface area (Å²) in [6.07, 6.45) is 0.868. The molecule has 2 aliphatic rings. The average Bonchev–Trinajstić information content (AvgIpc) is 2.73. The number of hydrogen-bond acceptors (Lipinski definition) is 7. The second-order valence-electron chi connectivity index (χ2n) is 7.28. The summed E-state index contributed by atoms with van der Waals surface area (Å²) in [6.45, 7) is 0.462. The molecule has 1 aromatic carbocycles. The lowest BCUT2D eigenvalue weighted by atomic mass is 9.95. The Labute approximate surface area is 174 Å². The molecular formula is C18H25ClN2O7S. The van der Waals surface area contributed by atoms with E-state index in [0.717, 1.165) is 5.56 Å². The molecule has 2 fully saturated rings. The predicted octanol–water partition coefficient (Wildman–Crippen LogP) is 0.676. The quantitative estimate of drug-likeness (QED) is 0.431. The van der Waals surface area contributed by atoms with Gasteiger partial charge in [-0.15, -0.1) is 0 Å². The Hall–Kier alpha value is -1.27. The van der Waals surface area contributed by atoms with Gasteiger partial charge in [0.15, 0.2) is 5.60 Å². The maximum atomic E-state index is 13.1. The Morgan fingerprint density at radius 3 is 2.55 bits per heavy atom. The third kappa shape index (κ3) is 4.91. The van der Waals surface area contributed by atoms with Gasteiger partial charge in [0, 0.05) is 24.7 Å². The summed E-state index contributed by atoms with van der Waals surface area (Å²) >= 11 is 5.86. The standard InChI is InChI=1S/C18H25ClN2O7S/c19-14-3-1-13(2-4-14)11-28-15-5-8-21(9-6-15)29(25,26)16-7-10-27-12-18(16,23)17(22)20-24/h1-4,15-16,23-24H,5-12H2,(H,20,22). The monoisotopic (exact) mass is 448 g/mol. The second kappa shape index (κ2) is 9.25. The molecule has 2 heterocycles. The number of hydroxylamine groups is 1. The maximum absolute atomic E-state index is 13.1. The first-order valence-electron chi connectivity index (χ1n) is 9.37. The van der Waals surface area contributed by atoms with Crippen LogP contribution in [-0.4, -0.2) is 72.2 Å². The number of nitrogens with one attached hydrogen (secondary N) is 1. The van der Waals surface area contributed by atoms with Crippen LogP contribution in [-0.2, 0) is 30.9 Å². The van der Waals surface area contributed by atoms with Crippen LogP contribution in [0.2, 0.25) is 5.02 Å². The van der Waals surface area contributed by atoms with E-state index in [1.54, 1.807) is 12.1 Å². The van der Waals surface area contributed by atoms with Gasteiger partial charge >= 0.3 is 0 Å².